The first-order valence-corrected chi connectivity index (χ1v) is 21.1. The first kappa shape index (κ1) is 41.1. The number of sulfone groups is 1. The first-order valence-electron chi connectivity index (χ1n) is 19.5. The van der Waals surface area contributed by atoms with E-state index in [1.807, 2.05) is 18.2 Å². The number of rotatable bonds is 30. The molecular formula is C42H69NO3S. The van der Waals surface area contributed by atoms with Crippen LogP contribution in [0.5, 0.6) is 0 Å². The van der Waals surface area contributed by atoms with E-state index >= 15 is 0 Å². The van der Waals surface area contributed by atoms with E-state index in [-0.39, 0.29) is 12.4 Å². The molecule has 0 saturated heterocycles. The molecule has 2 rings (SSSR count). The summed E-state index contributed by atoms with van der Waals surface area (Å²) in [5.41, 5.74) is 3.29. The number of aliphatic hydroxyl groups excluding tert-OH is 1. The molecule has 0 heterocycles. The van der Waals surface area contributed by atoms with Gasteiger partial charge in [-0.1, -0.05) is 172 Å². The monoisotopic (exact) mass is 667 g/mol. The highest BCUT2D eigenvalue weighted by molar-refractivity contribution is 7.91. The lowest BCUT2D eigenvalue weighted by Crippen LogP contribution is -2.18. The van der Waals surface area contributed by atoms with Gasteiger partial charge in [0.2, 0.25) is 0 Å². The maximum absolute atomic E-state index is 12.7. The van der Waals surface area contributed by atoms with E-state index in [0.717, 1.165) is 49.7 Å². The van der Waals surface area contributed by atoms with E-state index < -0.39 is 9.84 Å². The van der Waals surface area contributed by atoms with Gasteiger partial charge < -0.3 is 10.4 Å². The highest BCUT2D eigenvalue weighted by Gasteiger charge is 2.13. The van der Waals surface area contributed by atoms with Gasteiger partial charge in [0.1, 0.15) is 0 Å². The second-order valence-electron chi connectivity index (χ2n) is 13.7. The zero-order chi connectivity index (χ0) is 33.8. The van der Waals surface area contributed by atoms with Crippen LogP contribution in [0.4, 0.5) is 5.69 Å². The fourth-order valence-corrected chi connectivity index (χ4v) is 7.64. The van der Waals surface area contributed by atoms with Gasteiger partial charge in [0.15, 0.2) is 9.84 Å². The van der Waals surface area contributed by atoms with Crippen molar-refractivity contribution >= 4 is 27.7 Å². The molecule has 266 valence electrons. The largest absolute Gasteiger partial charge is 0.396 e. The third-order valence-electron chi connectivity index (χ3n) is 9.46. The third kappa shape index (κ3) is 20.1. The van der Waals surface area contributed by atoms with Gasteiger partial charge in [0.25, 0.3) is 0 Å². The van der Waals surface area contributed by atoms with Crippen molar-refractivity contribution in [3.63, 3.8) is 0 Å². The predicted octanol–water partition coefficient (Wildman–Crippen LogP) is 12.4. The van der Waals surface area contributed by atoms with E-state index in [9.17, 15) is 8.42 Å². The molecule has 0 saturated carbocycles. The fraction of sp³-hybridized carbons (Fsp3) is 0.667. The predicted molar refractivity (Wildman–Crippen MR) is 206 cm³/mol. The summed E-state index contributed by atoms with van der Waals surface area (Å²) in [6, 6.07) is 16.4. The molecule has 0 aliphatic carbocycles. The van der Waals surface area contributed by atoms with Crippen molar-refractivity contribution in [1.82, 2.24) is 0 Å². The van der Waals surface area contributed by atoms with Crippen LogP contribution in [0.3, 0.4) is 0 Å². The second kappa shape index (κ2) is 26.8. The Kier molecular flexibility index (Phi) is 23.4. The Morgan fingerprint density at radius 1 is 0.574 bits per heavy atom. The lowest BCUT2D eigenvalue weighted by atomic mass is 10.0. The number of hydrogen-bond donors (Lipinski definition) is 2. The van der Waals surface area contributed by atoms with Gasteiger partial charge >= 0.3 is 0 Å². The van der Waals surface area contributed by atoms with E-state index in [1.54, 1.807) is 12.1 Å². The van der Waals surface area contributed by atoms with Crippen LogP contribution in [-0.4, -0.2) is 31.9 Å². The summed E-state index contributed by atoms with van der Waals surface area (Å²) in [4.78, 5) is 0.403. The lowest BCUT2D eigenvalue weighted by molar-refractivity contribution is 0.282. The molecule has 0 aliphatic rings. The molecule has 2 N–H and O–H groups in total. The Hall–Kier alpha value is -2.11. The van der Waals surface area contributed by atoms with Gasteiger partial charge in [-0.2, -0.15) is 0 Å². The molecule has 0 aromatic heterocycles. The molecule has 4 nitrogen and oxygen atoms in total. The van der Waals surface area contributed by atoms with Gasteiger partial charge in [0.05, 0.1) is 10.6 Å². The molecule has 0 spiro atoms. The van der Waals surface area contributed by atoms with Crippen LogP contribution < -0.4 is 5.32 Å². The van der Waals surface area contributed by atoms with Crippen LogP contribution in [0.25, 0.3) is 12.2 Å². The van der Waals surface area contributed by atoms with Crippen LogP contribution >= 0.6 is 0 Å². The topological polar surface area (TPSA) is 66.4 Å². The Labute approximate surface area is 290 Å². The summed E-state index contributed by atoms with van der Waals surface area (Å²) in [5.74, 6) is 0.195. The minimum atomic E-state index is -3.25. The molecule has 0 fully saturated rings. The zero-order valence-electron chi connectivity index (χ0n) is 30.2. The fourth-order valence-electron chi connectivity index (χ4n) is 6.27. The van der Waals surface area contributed by atoms with Crippen LogP contribution in [0.15, 0.2) is 53.4 Å². The minimum absolute atomic E-state index is 0.195. The maximum atomic E-state index is 12.7. The number of hydrogen-bond acceptors (Lipinski definition) is 4. The molecule has 5 heteroatoms. The van der Waals surface area contributed by atoms with Gasteiger partial charge in [-0.15, -0.1) is 0 Å². The Morgan fingerprint density at radius 3 is 1.47 bits per heavy atom. The minimum Gasteiger partial charge on any atom is -0.396 e. The second-order valence-corrected chi connectivity index (χ2v) is 15.8. The number of anilines is 1. The summed E-state index contributed by atoms with van der Waals surface area (Å²) < 4.78 is 25.4. The van der Waals surface area contributed by atoms with E-state index in [4.69, 9.17) is 5.11 Å². The molecule has 2 aromatic carbocycles. The third-order valence-corrected chi connectivity index (χ3v) is 11.3. The van der Waals surface area contributed by atoms with Crippen molar-refractivity contribution in [2.75, 3.05) is 17.7 Å². The van der Waals surface area contributed by atoms with Crippen molar-refractivity contribution in [2.24, 2.45) is 0 Å². The number of benzene rings is 2. The quantitative estimate of drug-likeness (QED) is 0.0643. The van der Waals surface area contributed by atoms with Gasteiger partial charge in [-0.3, -0.25) is 0 Å². The smallest absolute Gasteiger partial charge is 0.178 e. The number of nitrogens with one attached hydrogen (secondary N) is 1. The van der Waals surface area contributed by atoms with Crippen molar-refractivity contribution in [3.05, 3.63) is 59.7 Å². The van der Waals surface area contributed by atoms with Gasteiger partial charge in [-0.25, -0.2) is 8.42 Å². The van der Waals surface area contributed by atoms with Crippen molar-refractivity contribution in [3.8, 4) is 0 Å². The molecule has 0 bridgehead atoms. The molecule has 1 atom stereocenters. The SMILES string of the molecule is CCCCCCCCCCCCCCCCCC(CC)Nc1ccc(C=Cc2ccc(S(=O)(=O)CCCCCCCCO)cc2)cc1. The lowest BCUT2D eigenvalue weighted by Gasteiger charge is -2.18. The van der Waals surface area contributed by atoms with Crippen LogP contribution in [0.2, 0.25) is 0 Å². The molecular weight excluding hydrogens is 599 g/mol. The summed E-state index contributed by atoms with van der Waals surface area (Å²) in [6.45, 7) is 4.81. The van der Waals surface area contributed by atoms with Crippen LogP contribution in [-0.2, 0) is 9.84 Å². The van der Waals surface area contributed by atoms with Crippen molar-refractivity contribution in [2.45, 2.75) is 172 Å². The van der Waals surface area contributed by atoms with E-state index in [2.05, 4.69) is 49.5 Å². The van der Waals surface area contributed by atoms with Gasteiger partial charge in [-0.05, 0) is 61.1 Å². The van der Waals surface area contributed by atoms with Crippen LogP contribution in [0, 0.1) is 0 Å². The Bertz CT molecular complexity index is 1140. The summed E-state index contributed by atoms with van der Waals surface area (Å²) in [7, 11) is -3.25. The van der Waals surface area contributed by atoms with Crippen LogP contribution in [0.1, 0.15) is 173 Å². The normalized spacial score (nSPS) is 12.6. The first-order chi connectivity index (χ1) is 23.0. The summed E-state index contributed by atoms with van der Waals surface area (Å²) in [6.07, 6.45) is 33.1. The Morgan fingerprint density at radius 2 is 1.00 bits per heavy atom. The molecule has 0 radical (unpaired) electrons. The van der Waals surface area contributed by atoms with E-state index in [0.29, 0.717) is 17.4 Å². The summed E-state index contributed by atoms with van der Waals surface area (Å²) in [5, 5.41) is 12.6. The van der Waals surface area contributed by atoms with E-state index in [1.165, 1.54) is 108 Å². The number of aliphatic hydroxyl groups is 1. The average Bonchev–Trinajstić information content (AvgIpc) is 3.08. The number of unbranched alkanes of at least 4 members (excludes halogenated alkanes) is 19. The average molecular weight is 668 g/mol. The standard InChI is InChI=1S/C42H69NO3S/c1-3-5-6-7-8-9-10-11-12-13-14-15-16-19-22-25-40(4-2)43-41-32-28-38(29-33-41)26-27-39-30-34-42(35-31-39)47(45,46)37-24-21-18-17-20-23-36-44/h26-35,40,43-44H,3-25,36-37H2,1-2H3. The van der Waals surface area contributed by atoms with Gasteiger partial charge in [0, 0.05) is 18.3 Å². The van der Waals surface area contributed by atoms with Crippen molar-refractivity contribution in [1.29, 1.82) is 0 Å². The van der Waals surface area contributed by atoms with Crippen molar-refractivity contribution < 1.29 is 13.5 Å². The molecule has 0 amide bonds. The molecule has 1 unspecified atom stereocenters. The molecule has 0 aliphatic heterocycles. The molecule has 2 aromatic rings. The molecule has 47 heavy (non-hydrogen) atoms. The Balaban J connectivity index is 1.60. The summed E-state index contributed by atoms with van der Waals surface area (Å²) >= 11 is 0. The maximum Gasteiger partial charge on any atom is 0.178 e. The highest BCUT2D eigenvalue weighted by Crippen LogP contribution is 2.20. The zero-order valence-corrected chi connectivity index (χ0v) is 31.0. The highest BCUT2D eigenvalue weighted by atomic mass is 32.2.